The lowest BCUT2D eigenvalue weighted by molar-refractivity contribution is -0.135. The van der Waals surface area contributed by atoms with E-state index >= 15 is 0 Å². The highest BCUT2D eigenvalue weighted by atomic mass is 19.3. The largest absolute Gasteiger partial charge is 0.383 e. The summed E-state index contributed by atoms with van der Waals surface area (Å²) in [5.41, 5.74) is 1.43. The average molecular weight is 372 g/mol. The lowest BCUT2D eigenvalue weighted by Crippen LogP contribution is -2.43. The maximum Gasteiger partial charge on any atom is 0.255 e. The highest BCUT2D eigenvalue weighted by molar-refractivity contribution is 5.81. The van der Waals surface area contributed by atoms with Crippen LogP contribution in [-0.4, -0.2) is 29.1 Å². The molecule has 0 saturated carbocycles. The first-order valence-electron chi connectivity index (χ1n) is 8.73. The normalized spacial score (nSPS) is 13.4. The molecule has 2 aromatic carbocycles. The first kappa shape index (κ1) is 20.5. The van der Waals surface area contributed by atoms with Crippen molar-refractivity contribution in [2.75, 3.05) is 0 Å². The second kappa shape index (κ2) is 9.79. The van der Waals surface area contributed by atoms with Gasteiger partial charge in [-0.05, 0) is 24.0 Å². The van der Waals surface area contributed by atoms with Crippen LogP contribution in [0.25, 0.3) is 0 Å². The minimum atomic E-state index is -3.23. The number of hydrogen-bond acceptors (Lipinski definition) is 3. The Hall–Kier alpha value is -2.78. The highest BCUT2D eigenvalue weighted by Gasteiger charge is 2.35. The molecule has 2 atom stereocenters. The molecule has 0 aliphatic carbocycles. The van der Waals surface area contributed by atoms with E-state index in [0.717, 1.165) is 5.56 Å². The van der Waals surface area contributed by atoms with Crippen LogP contribution in [0.5, 0.6) is 0 Å². The first-order chi connectivity index (χ1) is 12.9. The zero-order valence-electron chi connectivity index (χ0n) is 14.8. The number of aliphatic hydroxyl groups is 1. The van der Waals surface area contributed by atoms with Gasteiger partial charge in [-0.2, -0.15) is 5.26 Å². The standard InChI is InChI=1S/C21H22F2N2O2/c22-21(23,13-17-9-5-2-6-10-17)14-19(26)20(27)25-18(15-24)12-11-16-7-3-1-4-8-16/h1-10,18-19,26H,11-14H2,(H,25,27)/t18-,19-/m0/s1. The number of alkyl halides is 2. The molecule has 4 nitrogen and oxygen atoms in total. The Labute approximate surface area is 157 Å². The van der Waals surface area contributed by atoms with Gasteiger partial charge in [0.15, 0.2) is 0 Å². The van der Waals surface area contributed by atoms with E-state index in [1.54, 1.807) is 30.3 Å². The summed E-state index contributed by atoms with van der Waals surface area (Å²) in [6.07, 6.45) is -2.55. The van der Waals surface area contributed by atoms with Crippen molar-refractivity contribution in [1.82, 2.24) is 5.32 Å². The van der Waals surface area contributed by atoms with Crippen LogP contribution in [0.4, 0.5) is 8.78 Å². The molecular formula is C21H22F2N2O2. The van der Waals surface area contributed by atoms with Gasteiger partial charge in [-0.25, -0.2) is 8.78 Å². The third-order valence-electron chi connectivity index (χ3n) is 4.14. The van der Waals surface area contributed by atoms with E-state index in [0.29, 0.717) is 18.4 Å². The maximum absolute atomic E-state index is 14.1. The summed E-state index contributed by atoms with van der Waals surface area (Å²) in [7, 11) is 0. The van der Waals surface area contributed by atoms with Gasteiger partial charge in [0, 0.05) is 12.8 Å². The van der Waals surface area contributed by atoms with E-state index in [4.69, 9.17) is 5.26 Å². The molecule has 0 aliphatic heterocycles. The number of halogens is 2. The Morgan fingerprint density at radius 1 is 1.07 bits per heavy atom. The van der Waals surface area contributed by atoms with Gasteiger partial charge < -0.3 is 10.4 Å². The molecule has 0 aromatic heterocycles. The van der Waals surface area contributed by atoms with Crippen LogP contribution in [-0.2, 0) is 17.6 Å². The number of hydrogen-bond donors (Lipinski definition) is 2. The number of nitriles is 1. The molecule has 0 heterocycles. The quantitative estimate of drug-likeness (QED) is 0.710. The maximum atomic E-state index is 14.1. The van der Waals surface area contributed by atoms with Crippen LogP contribution in [0.3, 0.4) is 0 Å². The van der Waals surface area contributed by atoms with Gasteiger partial charge in [0.25, 0.3) is 5.92 Å². The molecule has 2 N–H and O–H groups in total. The number of rotatable bonds is 9. The van der Waals surface area contributed by atoms with Crippen molar-refractivity contribution < 1.29 is 18.7 Å². The van der Waals surface area contributed by atoms with Gasteiger partial charge in [-0.15, -0.1) is 0 Å². The zero-order chi connectivity index (χ0) is 19.7. The number of nitrogens with zero attached hydrogens (tertiary/aromatic N) is 1. The van der Waals surface area contributed by atoms with Crippen LogP contribution in [0.15, 0.2) is 60.7 Å². The van der Waals surface area contributed by atoms with E-state index in [9.17, 15) is 18.7 Å². The van der Waals surface area contributed by atoms with E-state index in [1.165, 1.54) is 0 Å². The predicted molar refractivity (Wildman–Crippen MR) is 98.0 cm³/mol. The Balaban J connectivity index is 1.84. The highest BCUT2D eigenvalue weighted by Crippen LogP contribution is 2.25. The van der Waals surface area contributed by atoms with Crippen LogP contribution in [0, 0.1) is 11.3 Å². The van der Waals surface area contributed by atoms with Gasteiger partial charge in [-0.1, -0.05) is 60.7 Å². The fourth-order valence-corrected chi connectivity index (χ4v) is 2.73. The molecular weight excluding hydrogens is 350 g/mol. The number of benzene rings is 2. The fraction of sp³-hybridized carbons (Fsp3) is 0.333. The molecule has 2 rings (SSSR count). The summed E-state index contributed by atoms with van der Waals surface area (Å²) >= 11 is 0. The summed E-state index contributed by atoms with van der Waals surface area (Å²) in [4.78, 5) is 12.0. The molecule has 0 radical (unpaired) electrons. The van der Waals surface area contributed by atoms with Crippen molar-refractivity contribution >= 4 is 5.91 Å². The Morgan fingerprint density at radius 3 is 2.19 bits per heavy atom. The van der Waals surface area contributed by atoms with Crippen LogP contribution < -0.4 is 5.32 Å². The number of aryl methyl sites for hydroxylation is 1. The molecule has 142 valence electrons. The molecule has 0 unspecified atom stereocenters. The summed E-state index contributed by atoms with van der Waals surface area (Å²) in [6, 6.07) is 18.6. The molecule has 0 bridgehead atoms. The van der Waals surface area contributed by atoms with Crippen molar-refractivity contribution in [1.29, 1.82) is 5.26 Å². The van der Waals surface area contributed by atoms with E-state index in [1.807, 2.05) is 36.4 Å². The van der Waals surface area contributed by atoms with Crippen molar-refractivity contribution in [3.8, 4) is 6.07 Å². The molecule has 0 spiro atoms. The van der Waals surface area contributed by atoms with E-state index < -0.39 is 36.8 Å². The number of aliphatic hydroxyl groups excluding tert-OH is 1. The third-order valence-corrected chi connectivity index (χ3v) is 4.14. The third kappa shape index (κ3) is 7.16. The van der Waals surface area contributed by atoms with Gasteiger partial charge in [0.2, 0.25) is 5.91 Å². The lowest BCUT2D eigenvalue weighted by Gasteiger charge is -2.21. The lowest BCUT2D eigenvalue weighted by atomic mass is 10.0. The van der Waals surface area contributed by atoms with E-state index in [2.05, 4.69) is 5.32 Å². The summed E-state index contributed by atoms with van der Waals surface area (Å²) in [6.45, 7) is 0. The predicted octanol–water partition coefficient (Wildman–Crippen LogP) is 3.26. The van der Waals surface area contributed by atoms with E-state index in [-0.39, 0.29) is 0 Å². The second-order valence-corrected chi connectivity index (χ2v) is 6.45. The minimum absolute atomic E-state index is 0.333. The van der Waals surface area contributed by atoms with Crippen molar-refractivity contribution in [2.24, 2.45) is 0 Å². The van der Waals surface area contributed by atoms with Gasteiger partial charge >= 0.3 is 0 Å². The summed E-state index contributed by atoms with van der Waals surface area (Å²) in [5, 5.41) is 21.4. The summed E-state index contributed by atoms with van der Waals surface area (Å²) in [5.74, 6) is -4.19. The molecule has 0 fully saturated rings. The molecule has 2 aromatic rings. The Morgan fingerprint density at radius 2 is 1.63 bits per heavy atom. The van der Waals surface area contributed by atoms with Gasteiger partial charge in [-0.3, -0.25) is 4.79 Å². The van der Waals surface area contributed by atoms with Gasteiger partial charge in [0.05, 0.1) is 6.07 Å². The van der Waals surface area contributed by atoms with Crippen LogP contribution in [0.1, 0.15) is 24.0 Å². The Kier molecular flexibility index (Phi) is 7.44. The van der Waals surface area contributed by atoms with Crippen LogP contribution >= 0.6 is 0 Å². The fourth-order valence-electron chi connectivity index (χ4n) is 2.73. The number of carbonyl (C=O) groups is 1. The molecule has 0 aliphatic rings. The monoisotopic (exact) mass is 372 g/mol. The molecule has 27 heavy (non-hydrogen) atoms. The van der Waals surface area contributed by atoms with Crippen LogP contribution in [0.2, 0.25) is 0 Å². The van der Waals surface area contributed by atoms with Crippen molar-refractivity contribution in [3.05, 3.63) is 71.8 Å². The Bertz CT molecular complexity index is 761. The summed E-state index contributed by atoms with van der Waals surface area (Å²) < 4.78 is 28.2. The zero-order valence-corrected chi connectivity index (χ0v) is 14.8. The number of amides is 1. The average Bonchev–Trinajstić information content (AvgIpc) is 2.65. The van der Waals surface area contributed by atoms with Crippen molar-refractivity contribution in [3.63, 3.8) is 0 Å². The van der Waals surface area contributed by atoms with Gasteiger partial charge in [0.1, 0.15) is 12.1 Å². The smallest absolute Gasteiger partial charge is 0.255 e. The SMILES string of the molecule is N#C[C@H](CCc1ccccc1)NC(=O)[C@@H](O)CC(F)(F)Cc1ccccc1. The molecule has 6 heteroatoms. The first-order valence-corrected chi connectivity index (χ1v) is 8.73. The molecule has 1 amide bonds. The van der Waals surface area contributed by atoms with Crippen molar-refractivity contribution in [2.45, 2.75) is 43.8 Å². The number of nitrogens with one attached hydrogen (secondary N) is 1. The second-order valence-electron chi connectivity index (χ2n) is 6.45. The minimum Gasteiger partial charge on any atom is -0.383 e. The number of carbonyl (C=O) groups excluding carboxylic acids is 1. The molecule has 0 saturated heterocycles. The topological polar surface area (TPSA) is 73.1 Å².